The molecule has 0 bridgehead atoms. The predicted molar refractivity (Wildman–Crippen MR) is 112 cm³/mol. The van der Waals surface area contributed by atoms with Crippen LogP contribution in [0.5, 0.6) is 0 Å². The lowest BCUT2D eigenvalue weighted by atomic mass is 9.98. The van der Waals surface area contributed by atoms with E-state index in [0.29, 0.717) is 0 Å². The molecule has 170 valence electrons. The third-order valence-electron chi connectivity index (χ3n) is 5.62. The smallest absolute Gasteiger partial charge is 0.416 e. The molecule has 1 aliphatic carbocycles. The maximum atomic E-state index is 13.1. The highest BCUT2D eigenvalue weighted by molar-refractivity contribution is 5.79. The Morgan fingerprint density at radius 1 is 0.939 bits per heavy atom. The molecule has 1 atom stereocenters. The zero-order valence-electron chi connectivity index (χ0n) is 17.3. The van der Waals surface area contributed by atoms with Crippen LogP contribution in [0.2, 0.25) is 0 Å². The first-order valence-corrected chi connectivity index (χ1v) is 10.2. The van der Waals surface area contributed by atoms with E-state index in [1.54, 1.807) is 0 Å². The lowest BCUT2D eigenvalue weighted by molar-refractivity contribution is -0.306. The summed E-state index contributed by atoms with van der Waals surface area (Å²) >= 11 is 0. The maximum Gasteiger partial charge on any atom is 0.416 e. The van der Waals surface area contributed by atoms with Crippen LogP contribution in [0.3, 0.4) is 0 Å². The lowest BCUT2D eigenvalue weighted by Gasteiger charge is -2.21. The molecule has 1 N–H and O–H groups in total. The predicted octanol–water partition coefficient (Wildman–Crippen LogP) is 4.43. The Morgan fingerprint density at radius 3 is 2.12 bits per heavy atom. The SMILES string of the molecule is O=C([O-])C[C@H](NC(=O)OCC1c2ccccc2-c2ccccc21)c1cccc(C(F)(F)F)c1. The highest BCUT2D eigenvalue weighted by atomic mass is 19.4. The number of carboxylic acid groups (broad SMARTS) is 1. The molecule has 0 spiro atoms. The van der Waals surface area contributed by atoms with E-state index in [9.17, 15) is 27.9 Å². The van der Waals surface area contributed by atoms with Crippen molar-refractivity contribution in [2.45, 2.75) is 24.6 Å². The van der Waals surface area contributed by atoms with Gasteiger partial charge in [0.2, 0.25) is 0 Å². The molecule has 8 heteroatoms. The van der Waals surface area contributed by atoms with Gasteiger partial charge in [0.1, 0.15) is 6.61 Å². The van der Waals surface area contributed by atoms with Gasteiger partial charge in [-0.1, -0.05) is 60.7 Å². The first-order chi connectivity index (χ1) is 15.7. The maximum absolute atomic E-state index is 13.1. The molecule has 0 unspecified atom stereocenters. The molecular weight excluding hydrogens is 435 g/mol. The van der Waals surface area contributed by atoms with E-state index >= 15 is 0 Å². The molecule has 0 aliphatic heterocycles. The Morgan fingerprint density at radius 2 is 1.55 bits per heavy atom. The summed E-state index contributed by atoms with van der Waals surface area (Å²) in [6.07, 6.45) is -6.24. The molecule has 0 saturated heterocycles. The number of carbonyl (C=O) groups excluding carboxylic acids is 2. The van der Waals surface area contributed by atoms with Crippen LogP contribution in [0.15, 0.2) is 72.8 Å². The van der Waals surface area contributed by atoms with E-state index in [1.165, 1.54) is 6.07 Å². The Hall–Kier alpha value is -3.81. The van der Waals surface area contributed by atoms with Gasteiger partial charge in [-0.05, 0) is 39.9 Å². The van der Waals surface area contributed by atoms with Crippen molar-refractivity contribution in [1.82, 2.24) is 5.32 Å². The Kier molecular flexibility index (Phi) is 6.09. The van der Waals surface area contributed by atoms with Crippen LogP contribution in [-0.2, 0) is 15.7 Å². The van der Waals surface area contributed by atoms with Gasteiger partial charge in [0.05, 0.1) is 11.6 Å². The van der Waals surface area contributed by atoms with Crippen LogP contribution in [-0.4, -0.2) is 18.7 Å². The van der Waals surface area contributed by atoms with Gasteiger partial charge in [-0.2, -0.15) is 13.2 Å². The second-order valence-corrected chi connectivity index (χ2v) is 7.72. The summed E-state index contributed by atoms with van der Waals surface area (Å²) in [6, 6.07) is 18.4. The van der Waals surface area contributed by atoms with Crippen molar-refractivity contribution in [3.05, 3.63) is 95.1 Å². The quantitative estimate of drug-likeness (QED) is 0.598. The average Bonchev–Trinajstić information content (AvgIpc) is 3.10. The van der Waals surface area contributed by atoms with Gasteiger partial charge in [0.15, 0.2) is 0 Å². The van der Waals surface area contributed by atoms with Crippen molar-refractivity contribution in [3.8, 4) is 11.1 Å². The number of hydrogen-bond donors (Lipinski definition) is 1. The topological polar surface area (TPSA) is 78.5 Å². The summed E-state index contributed by atoms with van der Waals surface area (Å²) in [5.74, 6) is -1.73. The van der Waals surface area contributed by atoms with E-state index in [1.807, 2.05) is 48.5 Å². The van der Waals surface area contributed by atoms with E-state index < -0.39 is 36.3 Å². The number of amides is 1. The number of carboxylic acids is 1. The van der Waals surface area contributed by atoms with Crippen molar-refractivity contribution >= 4 is 12.1 Å². The second kappa shape index (κ2) is 8.97. The molecule has 33 heavy (non-hydrogen) atoms. The largest absolute Gasteiger partial charge is 0.550 e. The number of aliphatic carboxylic acids is 1. The third kappa shape index (κ3) is 4.84. The molecule has 0 aromatic heterocycles. The molecule has 4 rings (SSSR count). The summed E-state index contributed by atoms with van der Waals surface area (Å²) in [5, 5.41) is 13.5. The number of hydrogen-bond acceptors (Lipinski definition) is 4. The van der Waals surface area contributed by atoms with Crippen LogP contribution in [0.1, 0.15) is 40.6 Å². The van der Waals surface area contributed by atoms with Gasteiger partial charge in [-0.15, -0.1) is 0 Å². The zero-order valence-corrected chi connectivity index (χ0v) is 17.3. The Labute approximate surface area is 187 Å². The van der Waals surface area contributed by atoms with Crippen LogP contribution in [0, 0.1) is 0 Å². The third-order valence-corrected chi connectivity index (χ3v) is 5.62. The lowest BCUT2D eigenvalue weighted by Crippen LogP contribution is -2.35. The number of rotatable bonds is 6. The van der Waals surface area contributed by atoms with E-state index in [4.69, 9.17) is 4.74 Å². The number of benzene rings is 3. The molecule has 5 nitrogen and oxygen atoms in total. The normalized spacial score (nSPS) is 13.7. The first-order valence-electron chi connectivity index (χ1n) is 10.2. The van der Waals surface area contributed by atoms with Gasteiger partial charge >= 0.3 is 12.3 Å². The van der Waals surface area contributed by atoms with Gasteiger partial charge in [0, 0.05) is 18.3 Å². The minimum absolute atomic E-state index is 0.0115. The van der Waals surface area contributed by atoms with E-state index in [-0.39, 0.29) is 18.1 Å². The number of carbonyl (C=O) groups is 2. The fourth-order valence-corrected chi connectivity index (χ4v) is 4.13. The molecule has 3 aromatic rings. The van der Waals surface area contributed by atoms with Crippen LogP contribution in [0.25, 0.3) is 11.1 Å². The molecule has 0 radical (unpaired) electrons. The molecular formula is C25H19F3NO4-. The van der Waals surface area contributed by atoms with Crippen molar-refractivity contribution < 1.29 is 32.6 Å². The van der Waals surface area contributed by atoms with Crippen molar-refractivity contribution in [1.29, 1.82) is 0 Å². The zero-order chi connectivity index (χ0) is 23.6. The average molecular weight is 454 g/mol. The summed E-state index contributed by atoms with van der Waals surface area (Å²) in [6.45, 7) is -0.0134. The van der Waals surface area contributed by atoms with Crippen LogP contribution in [0.4, 0.5) is 18.0 Å². The van der Waals surface area contributed by atoms with Crippen molar-refractivity contribution in [3.63, 3.8) is 0 Å². The van der Waals surface area contributed by atoms with E-state index in [0.717, 1.165) is 40.5 Å². The summed E-state index contributed by atoms with van der Waals surface area (Å²) in [7, 11) is 0. The number of alkyl halides is 3. The van der Waals surface area contributed by atoms with Crippen LogP contribution >= 0.6 is 0 Å². The minimum Gasteiger partial charge on any atom is -0.550 e. The summed E-state index contributed by atoms with van der Waals surface area (Å²) in [4.78, 5) is 23.7. The first kappa shape index (κ1) is 22.4. The van der Waals surface area contributed by atoms with Gasteiger partial charge in [-0.25, -0.2) is 4.79 Å². The molecule has 1 amide bonds. The molecule has 0 fully saturated rings. The number of nitrogens with one attached hydrogen (secondary N) is 1. The molecule has 0 heterocycles. The minimum atomic E-state index is -4.61. The number of ether oxygens (including phenoxy) is 1. The highest BCUT2D eigenvalue weighted by Gasteiger charge is 2.32. The van der Waals surface area contributed by atoms with Gasteiger partial charge in [0.25, 0.3) is 0 Å². The second-order valence-electron chi connectivity index (χ2n) is 7.72. The van der Waals surface area contributed by atoms with Crippen LogP contribution < -0.4 is 10.4 Å². The number of halogens is 3. The highest BCUT2D eigenvalue weighted by Crippen LogP contribution is 2.44. The molecule has 3 aromatic carbocycles. The fourth-order valence-electron chi connectivity index (χ4n) is 4.13. The number of fused-ring (bicyclic) bond motifs is 3. The number of alkyl carbamates (subject to hydrolysis) is 1. The fraction of sp³-hybridized carbons (Fsp3) is 0.200. The Bertz CT molecular complexity index is 1150. The summed E-state index contributed by atoms with van der Waals surface area (Å²) in [5.41, 5.74) is 3.12. The molecule has 0 saturated carbocycles. The van der Waals surface area contributed by atoms with Crippen molar-refractivity contribution in [2.75, 3.05) is 6.61 Å². The standard InChI is InChI=1S/C25H20F3NO4/c26-25(27,28)16-7-5-6-15(12-16)22(13-23(30)31)29-24(32)33-14-21-19-10-3-1-8-17(19)18-9-2-4-11-20(18)21/h1-12,21-22H,13-14H2,(H,29,32)(H,30,31)/p-1/t22-/m0/s1. The van der Waals surface area contributed by atoms with Gasteiger partial charge in [-0.3, -0.25) is 0 Å². The van der Waals surface area contributed by atoms with E-state index in [2.05, 4.69) is 5.32 Å². The Balaban J connectivity index is 1.50. The summed E-state index contributed by atoms with van der Waals surface area (Å²) < 4.78 is 44.5. The van der Waals surface area contributed by atoms with Gasteiger partial charge < -0.3 is 20.0 Å². The monoisotopic (exact) mass is 454 g/mol. The van der Waals surface area contributed by atoms with Crippen molar-refractivity contribution in [2.24, 2.45) is 0 Å². The molecule has 1 aliphatic rings.